The Hall–Kier alpha value is -3.26. The lowest BCUT2D eigenvalue weighted by Crippen LogP contribution is -2.27. The predicted molar refractivity (Wildman–Crippen MR) is 101 cm³/mol. The second-order valence-corrected chi connectivity index (χ2v) is 5.59. The number of amides is 1. The molecule has 1 amide bonds. The van der Waals surface area contributed by atoms with Gasteiger partial charge in [-0.3, -0.25) is 4.79 Å². The van der Waals surface area contributed by atoms with Crippen molar-refractivity contribution in [3.05, 3.63) is 65.2 Å². The molecular weight excluding hydrogens is 328 g/mol. The maximum atomic E-state index is 12.5. The Bertz CT molecular complexity index is 823. The van der Waals surface area contributed by atoms with Gasteiger partial charge in [0.25, 0.3) is 5.91 Å². The molecule has 0 aliphatic heterocycles. The van der Waals surface area contributed by atoms with E-state index >= 15 is 0 Å². The fourth-order valence-electron chi connectivity index (χ4n) is 2.54. The van der Waals surface area contributed by atoms with E-state index in [0.29, 0.717) is 23.7 Å². The third-order valence-electron chi connectivity index (χ3n) is 3.83. The Kier molecular flexibility index (Phi) is 6.81. The molecule has 5 nitrogen and oxygen atoms in total. The van der Waals surface area contributed by atoms with E-state index < -0.39 is 5.91 Å². The zero-order chi connectivity index (χ0) is 18.9. The van der Waals surface area contributed by atoms with Crippen molar-refractivity contribution in [1.82, 2.24) is 5.32 Å². The fraction of sp³-hybridized carbons (Fsp3) is 0.238. The standard InChI is InChI=1S/C21H22N2O3/c1-4-26-19-12-8-11-17(20(19)25-3)13-18(14-22)21(24)23-15(2)16-9-6-5-7-10-16/h5-13,15H,4H2,1-3H3,(H,23,24)/b18-13+. The van der Waals surface area contributed by atoms with Crippen LogP contribution in [0.15, 0.2) is 54.1 Å². The lowest BCUT2D eigenvalue weighted by Gasteiger charge is -2.14. The lowest BCUT2D eigenvalue weighted by atomic mass is 10.1. The van der Waals surface area contributed by atoms with Crippen molar-refractivity contribution in [2.24, 2.45) is 0 Å². The predicted octanol–water partition coefficient (Wildman–Crippen LogP) is 3.88. The Morgan fingerprint density at radius 1 is 1.23 bits per heavy atom. The molecule has 1 atom stereocenters. The third kappa shape index (κ3) is 4.64. The van der Waals surface area contributed by atoms with Crippen LogP contribution in [0, 0.1) is 11.3 Å². The maximum Gasteiger partial charge on any atom is 0.262 e. The maximum absolute atomic E-state index is 12.5. The molecule has 0 radical (unpaired) electrons. The van der Waals surface area contributed by atoms with Crippen molar-refractivity contribution in [3.63, 3.8) is 0 Å². The van der Waals surface area contributed by atoms with Crippen molar-refractivity contribution >= 4 is 12.0 Å². The second kappa shape index (κ2) is 9.28. The minimum Gasteiger partial charge on any atom is -0.492 e. The number of rotatable bonds is 7. The van der Waals surface area contributed by atoms with Gasteiger partial charge in [0.2, 0.25) is 0 Å². The van der Waals surface area contributed by atoms with Crippen LogP contribution in [0.25, 0.3) is 6.08 Å². The van der Waals surface area contributed by atoms with Gasteiger partial charge in [-0.15, -0.1) is 0 Å². The molecule has 26 heavy (non-hydrogen) atoms. The van der Waals surface area contributed by atoms with E-state index in [9.17, 15) is 10.1 Å². The summed E-state index contributed by atoms with van der Waals surface area (Å²) < 4.78 is 10.9. The molecule has 0 bridgehead atoms. The van der Waals surface area contributed by atoms with E-state index in [1.54, 1.807) is 18.2 Å². The molecule has 0 fully saturated rings. The number of para-hydroxylation sites is 1. The largest absolute Gasteiger partial charge is 0.492 e. The number of ether oxygens (including phenoxy) is 2. The van der Waals surface area contributed by atoms with E-state index in [-0.39, 0.29) is 11.6 Å². The van der Waals surface area contributed by atoms with Crippen molar-refractivity contribution in [1.29, 1.82) is 5.26 Å². The molecule has 5 heteroatoms. The number of hydrogen-bond donors (Lipinski definition) is 1. The van der Waals surface area contributed by atoms with E-state index in [0.717, 1.165) is 5.56 Å². The molecule has 0 aliphatic rings. The van der Waals surface area contributed by atoms with E-state index in [4.69, 9.17) is 9.47 Å². The van der Waals surface area contributed by atoms with E-state index in [1.165, 1.54) is 13.2 Å². The van der Waals surface area contributed by atoms with Gasteiger partial charge in [-0.1, -0.05) is 42.5 Å². The molecule has 0 saturated heterocycles. The molecule has 0 heterocycles. The number of methoxy groups -OCH3 is 1. The Labute approximate surface area is 153 Å². The zero-order valence-corrected chi connectivity index (χ0v) is 15.2. The number of hydrogen-bond acceptors (Lipinski definition) is 4. The molecule has 1 N–H and O–H groups in total. The number of benzene rings is 2. The van der Waals surface area contributed by atoms with Crippen molar-refractivity contribution in [2.75, 3.05) is 13.7 Å². The highest BCUT2D eigenvalue weighted by atomic mass is 16.5. The fourth-order valence-corrected chi connectivity index (χ4v) is 2.54. The van der Waals surface area contributed by atoms with Gasteiger partial charge in [-0.25, -0.2) is 0 Å². The monoisotopic (exact) mass is 350 g/mol. The van der Waals surface area contributed by atoms with Crippen molar-refractivity contribution < 1.29 is 14.3 Å². The molecule has 2 rings (SSSR count). The first-order valence-electron chi connectivity index (χ1n) is 8.38. The summed E-state index contributed by atoms with van der Waals surface area (Å²) in [6.07, 6.45) is 1.51. The van der Waals surface area contributed by atoms with Crippen molar-refractivity contribution in [3.8, 4) is 17.6 Å². The molecule has 0 aliphatic carbocycles. The van der Waals surface area contributed by atoms with E-state index in [2.05, 4.69) is 5.32 Å². The van der Waals surface area contributed by atoms with Crippen LogP contribution in [0.1, 0.15) is 31.0 Å². The molecule has 0 aromatic heterocycles. The summed E-state index contributed by atoms with van der Waals surface area (Å²) in [5.74, 6) is 0.623. The second-order valence-electron chi connectivity index (χ2n) is 5.59. The minimum atomic E-state index is -0.437. The van der Waals surface area contributed by atoms with Gasteiger partial charge in [-0.2, -0.15) is 5.26 Å². The van der Waals surface area contributed by atoms with Crippen LogP contribution in [-0.2, 0) is 4.79 Å². The SMILES string of the molecule is CCOc1cccc(/C=C(\C#N)C(=O)NC(C)c2ccccc2)c1OC. The average molecular weight is 350 g/mol. The first kappa shape index (κ1) is 19.1. The van der Waals surface area contributed by atoms with Gasteiger partial charge in [0.1, 0.15) is 11.6 Å². The summed E-state index contributed by atoms with van der Waals surface area (Å²) in [6.45, 7) is 4.24. The lowest BCUT2D eigenvalue weighted by molar-refractivity contribution is -0.117. The number of carbonyl (C=O) groups is 1. The van der Waals surface area contributed by atoms with Gasteiger partial charge < -0.3 is 14.8 Å². The molecule has 0 spiro atoms. The normalized spacial score (nSPS) is 12.0. The van der Waals surface area contributed by atoms with E-state index in [1.807, 2.05) is 50.2 Å². The highest BCUT2D eigenvalue weighted by molar-refractivity contribution is 6.02. The summed E-state index contributed by atoms with van der Waals surface area (Å²) in [5.41, 5.74) is 1.58. The highest BCUT2D eigenvalue weighted by Crippen LogP contribution is 2.32. The van der Waals surface area contributed by atoms with Gasteiger partial charge in [0.15, 0.2) is 11.5 Å². The van der Waals surface area contributed by atoms with Crippen LogP contribution >= 0.6 is 0 Å². The van der Waals surface area contributed by atoms with Crippen LogP contribution < -0.4 is 14.8 Å². The summed E-state index contributed by atoms with van der Waals surface area (Å²) in [5, 5.41) is 12.3. The molecule has 0 saturated carbocycles. The first-order chi connectivity index (χ1) is 12.6. The van der Waals surface area contributed by atoms with Crippen LogP contribution in [0.2, 0.25) is 0 Å². The van der Waals surface area contributed by atoms with Crippen LogP contribution in [0.3, 0.4) is 0 Å². The van der Waals surface area contributed by atoms with Crippen LogP contribution in [-0.4, -0.2) is 19.6 Å². The number of carbonyl (C=O) groups excluding carboxylic acids is 1. The smallest absolute Gasteiger partial charge is 0.262 e. The molecule has 2 aromatic rings. The Balaban J connectivity index is 2.26. The van der Waals surface area contributed by atoms with Gasteiger partial charge in [0.05, 0.1) is 19.8 Å². The van der Waals surface area contributed by atoms with Gasteiger partial charge in [0, 0.05) is 5.56 Å². The third-order valence-corrected chi connectivity index (χ3v) is 3.83. The number of nitriles is 1. The summed E-state index contributed by atoms with van der Waals surface area (Å²) in [6, 6.07) is 16.7. The topological polar surface area (TPSA) is 71.3 Å². The number of nitrogens with zero attached hydrogens (tertiary/aromatic N) is 1. The molecule has 1 unspecified atom stereocenters. The average Bonchev–Trinajstić information content (AvgIpc) is 2.67. The quantitative estimate of drug-likeness (QED) is 0.608. The van der Waals surface area contributed by atoms with Crippen molar-refractivity contribution in [2.45, 2.75) is 19.9 Å². The number of nitrogens with one attached hydrogen (secondary N) is 1. The first-order valence-corrected chi connectivity index (χ1v) is 8.38. The Morgan fingerprint density at radius 2 is 1.96 bits per heavy atom. The summed E-state index contributed by atoms with van der Waals surface area (Å²) in [4.78, 5) is 12.5. The highest BCUT2D eigenvalue weighted by Gasteiger charge is 2.16. The summed E-state index contributed by atoms with van der Waals surface area (Å²) in [7, 11) is 1.53. The summed E-state index contributed by atoms with van der Waals surface area (Å²) >= 11 is 0. The van der Waals surface area contributed by atoms with Crippen LogP contribution in [0.5, 0.6) is 11.5 Å². The Morgan fingerprint density at radius 3 is 2.58 bits per heavy atom. The zero-order valence-electron chi connectivity index (χ0n) is 15.2. The molecule has 134 valence electrons. The van der Waals surface area contributed by atoms with Crippen LogP contribution in [0.4, 0.5) is 0 Å². The van der Waals surface area contributed by atoms with Gasteiger partial charge >= 0.3 is 0 Å². The minimum absolute atomic E-state index is 0.000250. The molecule has 2 aromatic carbocycles. The molecular formula is C21H22N2O3. The van der Waals surface area contributed by atoms with Gasteiger partial charge in [-0.05, 0) is 31.6 Å².